The van der Waals surface area contributed by atoms with Crippen molar-refractivity contribution in [2.75, 3.05) is 6.54 Å². The quantitative estimate of drug-likeness (QED) is 0.859. The minimum atomic E-state index is -0.190. The highest BCUT2D eigenvalue weighted by Gasteiger charge is 2.22. The highest BCUT2D eigenvalue weighted by molar-refractivity contribution is 5.17. The Morgan fingerprint density at radius 2 is 1.70 bits per heavy atom. The minimum absolute atomic E-state index is 0.190. The Morgan fingerprint density at radius 3 is 2.30 bits per heavy atom. The summed E-state index contributed by atoms with van der Waals surface area (Å²) in [5.41, 5.74) is 8.99. The van der Waals surface area contributed by atoms with Crippen molar-refractivity contribution in [2.45, 2.75) is 38.5 Å². The van der Waals surface area contributed by atoms with E-state index in [1.54, 1.807) is 0 Å². The van der Waals surface area contributed by atoms with Crippen molar-refractivity contribution >= 4 is 0 Å². The first-order valence-electron chi connectivity index (χ1n) is 8.06. The van der Waals surface area contributed by atoms with Crippen molar-refractivity contribution in [3.8, 4) is 0 Å². The molecule has 4 nitrogen and oxygen atoms in total. The number of rotatable bonds is 6. The molecule has 0 radical (unpaired) electrons. The zero-order valence-corrected chi connectivity index (χ0v) is 13.4. The summed E-state index contributed by atoms with van der Waals surface area (Å²) in [6.45, 7) is 4.78. The summed E-state index contributed by atoms with van der Waals surface area (Å²) < 4.78 is 13.1. The molecule has 122 valence electrons. The van der Waals surface area contributed by atoms with E-state index in [0.29, 0.717) is 12.1 Å². The van der Waals surface area contributed by atoms with Crippen molar-refractivity contribution in [3.05, 3.63) is 65.7 Å². The van der Waals surface area contributed by atoms with Gasteiger partial charge in [-0.15, -0.1) is 0 Å². The molecule has 3 rings (SSSR count). The first-order valence-corrected chi connectivity index (χ1v) is 8.06. The van der Waals surface area contributed by atoms with E-state index in [1.165, 1.54) is 17.7 Å². The molecule has 23 heavy (non-hydrogen) atoms. The highest BCUT2D eigenvalue weighted by Crippen LogP contribution is 2.14. The fraction of sp³-hybridized carbons (Fsp3) is 0.389. The third-order valence-corrected chi connectivity index (χ3v) is 4.13. The molecular weight excluding hydrogens is 291 g/mol. The van der Waals surface area contributed by atoms with Crippen molar-refractivity contribution in [3.63, 3.8) is 0 Å². The van der Waals surface area contributed by atoms with E-state index in [4.69, 9.17) is 0 Å². The van der Waals surface area contributed by atoms with Crippen molar-refractivity contribution < 1.29 is 4.39 Å². The molecule has 1 aromatic heterocycles. The Balaban J connectivity index is 1.68. The van der Waals surface area contributed by atoms with Gasteiger partial charge in [-0.05, 0) is 48.7 Å². The summed E-state index contributed by atoms with van der Waals surface area (Å²) in [7, 11) is 0. The maximum Gasteiger partial charge on any atom is 0.123 e. The number of benzene rings is 1. The zero-order valence-electron chi connectivity index (χ0n) is 13.4. The SMILES string of the molecule is CC1CC(CN(Cc2ccncc2)Cc2ccc(F)cc2)NN1. The van der Waals surface area contributed by atoms with Gasteiger partial charge in [0.15, 0.2) is 0 Å². The fourth-order valence-electron chi connectivity index (χ4n) is 3.02. The second-order valence-corrected chi connectivity index (χ2v) is 6.27. The second-order valence-electron chi connectivity index (χ2n) is 6.27. The normalized spacial score (nSPS) is 21.0. The van der Waals surface area contributed by atoms with Gasteiger partial charge in [0.1, 0.15) is 5.82 Å². The zero-order chi connectivity index (χ0) is 16.1. The molecule has 0 aliphatic carbocycles. The summed E-state index contributed by atoms with van der Waals surface area (Å²) in [6, 6.07) is 11.8. The number of nitrogens with one attached hydrogen (secondary N) is 2. The van der Waals surface area contributed by atoms with Crippen LogP contribution >= 0.6 is 0 Å². The second kappa shape index (κ2) is 7.64. The first kappa shape index (κ1) is 16.1. The van der Waals surface area contributed by atoms with Crippen LogP contribution in [0.1, 0.15) is 24.5 Å². The number of hydrogen-bond donors (Lipinski definition) is 2. The van der Waals surface area contributed by atoms with Gasteiger partial charge in [-0.1, -0.05) is 12.1 Å². The predicted molar refractivity (Wildman–Crippen MR) is 88.9 cm³/mol. The van der Waals surface area contributed by atoms with Gasteiger partial charge in [0, 0.05) is 44.1 Å². The first-order chi connectivity index (χ1) is 11.2. The molecule has 2 atom stereocenters. The third kappa shape index (κ3) is 4.82. The van der Waals surface area contributed by atoms with Crippen molar-refractivity contribution in [1.29, 1.82) is 0 Å². The predicted octanol–water partition coefficient (Wildman–Crippen LogP) is 2.48. The summed E-state index contributed by atoms with van der Waals surface area (Å²) in [5, 5.41) is 0. The lowest BCUT2D eigenvalue weighted by molar-refractivity contribution is 0.230. The molecule has 1 aromatic carbocycles. The Labute approximate surface area is 136 Å². The molecule has 0 amide bonds. The molecule has 0 saturated carbocycles. The maximum atomic E-state index is 13.1. The van der Waals surface area contributed by atoms with Gasteiger partial charge in [0.05, 0.1) is 0 Å². The molecular formula is C18H23FN4. The van der Waals surface area contributed by atoms with E-state index in [2.05, 4.69) is 27.7 Å². The van der Waals surface area contributed by atoms with E-state index in [9.17, 15) is 4.39 Å². The van der Waals surface area contributed by atoms with E-state index < -0.39 is 0 Å². The number of aromatic nitrogens is 1. The van der Waals surface area contributed by atoms with Crippen molar-refractivity contribution in [2.24, 2.45) is 0 Å². The standard InChI is InChI=1S/C18H23FN4/c1-14-10-18(22-21-14)13-23(12-16-6-8-20-9-7-16)11-15-2-4-17(19)5-3-15/h2-9,14,18,21-22H,10-13H2,1H3. The van der Waals surface area contributed by atoms with Gasteiger partial charge < -0.3 is 0 Å². The smallest absolute Gasteiger partial charge is 0.123 e. The maximum absolute atomic E-state index is 13.1. The van der Waals surface area contributed by atoms with Gasteiger partial charge >= 0.3 is 0 Å². The molecule has 5 heteroatoms. The molecule has 1 fully saturated rings. The van der Waals surface area contributed by atoms with Crippen LogP contribution in [-0.2, 0) is 13.1 Å². The molecule has 2 heterocycles. The number of pyridine rings is 1. The monoisotopic (exact) mass is 314 g/mol. The number of hydrogen-bond acceptors (Lipinski definition) is 4. The van der Waals surface area contributed by atoms with Crippen LogP contribution in [0.5, 0.6) is 0 Å². The highest BCUT2D eigenvalue weighted by atomic mass is 19.1. The molecule has 2 N–H and O–H groups in total. The molecule has 2 aromatic rings. The topological polar surface area (TPSA) is 40.2 Å². The Bertz CT molecular complexity index is 602. The fourth-order valence-corrected chi connectivity index (χ4v) is 3.02. The lowest BCUT2D eigenvalue weighted by atomic mass is 10.1. The van der Waals surface area contributed by atoms with E-state index >= 15 is 0 Å². The van der Waals surface area contributed by atoms with Gasteiger partial charge in [-0.3, -0.25) is 20.7 Å². The van der Waals surface area contributed by atoms with Crippen molar-refractivity contribution in [1.82, 2.24) is 20.7 Å². The molecule has 0 spiro atoms. The van der Waals surface area contributed by atoms with Crippen LogP contribution in [0, 0.1) is 5.82 Å². The summed E-state index contributed by atoms with van der Waals surface area (Å²) in [4.78, 5) is 6.47. The average molecular weight is 314 g/mol. The number of nitrogens with zero attached hydrogens (tertiary/aromatic N) is 2. The van der Waals surface area contributed by atoms with Crippen LogP contribution < -0.4 is 10.9 Å². The Morgan fingerprint density at radius 1 is 1.04 bits per heavy atom. The molecule has 1 aliphatic rings. The third-order valence-electron chi connectivity index (χ3n) is 4.13. The van der Waals surface area contributed by atoms with Crippen LogP contribution in [-0.4, -0.2) is 28.5 Å². The molecule has 2 unspecified atom stereocenters. The summed E-state index contributed by atoms with van der Waals surface area (Å²) >= 11 is 0. The van der Waals surface area contributed by atoms with Gasteiger partial charge in [-0.2, -0.15) is 0 Å². The van der Waals surface area contributed by atoms with Crippen LogP contribution in [0.4, 0.5) is 4.39 Å². The average Bonchev–Trinajstić information content (AvgIpc) is 2.95. The lowest BCUT2D eigenvalue weighted by Crippen LogP contribution is -2.40. The summed E-state index contributed by atoms with van der Waals surface area (Å²) in [6.07, 6.45) is 4.75. The van der Waals surface area contributed by atoms with Gasteiger partial charge in [0.2, 0.25) is 0 Å². The Hall–Kier alpha value is -1.82. The number of hydrazine groups is 1. The van der Waals surface area contributed by atoms with E-state index in [1.807, 2.05) is 36.7 Å². The lowest BCUT2D eigenvalue weighted by Gasteiger charge is -2.25. The molecule has 1 saturated heterocycles. The van der Waals surface area contributed by atoms with Crippen LogP contribution in [0.25, 0.3) is 0 Å². The molecule has 1 aliphatic heterocycles. The van der Waals surface area contributed by atoms with E-state index in [-0.39, 0.29) is 5.82 Å². The molecule has 0 bridgehead atoms. The van der Waals surface area contributed by atoms with E-state index in [0.717, 1.165) is 31.6 Å². The largest absolute Gasteiger partial charge is 0.293 e. The van der Waals surface area contributed by atoms with Gasteiger partial charge in [-0.25, -0.2) is 4.39 Å². The van der Waals surface area contributed by atoms with Crippen LogP contribution in [0.2, 0.25) is 0 Å². The Kier molecular flexibility index (Phi) is 5.33. The minimum Gasteiger partial charge on any atom is -0.293 e. The van der Waals surface area contributed by atoms with Crippen LogP contribution in [0.3, 0.4) is 0 Å². The van der Waals surface area contributed by atoms with Crippen LogP contribution in [0.15, 0.2) is 48.8 Å². The number of halogens is 1. The van der Waals surface area contributed by atoms with Gasteiger partial charge in [0.25, 0.3) is 0 Å². The summed E-state index contributed by atoms with van der Waals surface area (Å²) in [5.74, 6) is -0.190.